The van der Waals surface area contributed by atoms with Crippen LogP contribution in [0.3, 0.4) is 0 Å². The van der Waals surface area contributed by atoms with E-state index in [1.807, 2.05) is 6.08 Å². The molecule has 1 nitrogen and oxygen atoms in total. The fourth-order valence-corrected chi connectivity index (χ4v) is 1.82. The molecule has 1 saturated carbocycles. The van der Waals surface area contributed by atoms with Gasteiger partial charge in [-0.2, -0.15) is 0 Å². The maximum absolute atomic E-state index is 5.33. The van der Waals surface area contributed by atoms with Gasteiger partial charge in [-0.15, -0.1) is 6.58 Å². The molecule has 1 heteroatoms. The fraction of sp³-hybridized carbons (Fsp3) is 0.429. The van der Waals surface area contributed by atoms with Gasteiger partial charge in [0.1, 0.15) is 5.75 Å². The molecule has 1 aliphatic rings. The van der Waals surface area contributed by atoms with Crippen LogP contribution in [0, 0.1) is 0 Å². The lowest BCUT2D eigenvalue weighted by Gasteiger charge is -2.11. The van der Waals surface area contributed by atoms with Crippen LogP contribution in [-0.2, 0) is 0 Å². The summed E-state index contributed by atoms with van der Waals surface area (Å²) in [7, 11) is 1.73. The van der Waals surface area contributed by atoms with Gasteiger partial charge in [0.05, 0.1) is 7.11 Å². The molecule has 1 aromatic carbocycles. The molecule has 1 aromatic rings. The van der Waals surface area contributed by atoms with Crippen molar-refractivity contribution < 1.29 is 4.74 Å². The smallest absolute Gasteiger partial charge is 0.119 e. The molecule has 80 valence electrons. The highest BCUT2D eigenvalue weighted by Crippen LogP contribution is 2.42. The second-order valence-electron chi connectivity index (χ2n) is 4.34. The summed E-state index contributed by atoms with van der Waals surface area (Å²) in [6, 6.07) is 6.57. The normalized spacial score (nSPS) is 17.2. The maximum Gasteiger partial charge on any atom is 0.119 e. The maximum atomic E-state index is 5.33. The minimum Gasteiger partial charge on any atom is -0.497 e. The second kappa shape index (κ2) is 4.09. The molecular formula is C14H18O. The van der Waals surface area contributed by atoms with E-state index in [0.717, 1.165) is 11.7 Å². The molecule has 1 unspecified atom stereocenters. The predicted octanol–water partition coefficient (Wildman–Crippen LogP) is 3.86. The minimum absolute atomic E-state index is 0.401. The number of benzene rings is 1. The third kappa shape index (κ3) is 2.23. The highest BCUT2D eigenvalue weighted by Gasteiger charge is 2.24. The van der Waals surface area contributed by atoms with Gasteiger partial charge >= 0.3 is 0 Å². The third-order valence-corrected chi connectivity index (χ3v) is 3.11. The van der Waals surface area contributed by atoms with Crippen molar-refractivity contribution in [2.24, 2.45) is 0 Å². The van der Waals surface area contributed by atoms with Crippen LogP contribution in [0.1, 0.15) is 42.7 Å². The third-order valence-electron chi connectivity index (χ3n) is 3.11. The summed E-state index contributed by atoms with van der Waals surface area (Å²) in [6.45, 7) is 6.01. The summed E-state index contributed by atoms with van der Waals surface area (Å²) in [4.78, 5) is 0. The van der Waals surface area contributed by atoms with Gasteiger partial charge in [-0.3, -0.25) is 0 Å². The van der Waals surface area contributed by atoms with Crippen LogP contribution in [0.25, 0.3) is 0 Å². The molecule has 0 heterocycles. The van der Waals surface area contributed by atoms with Crippen LogP contribution >= 0.6 is 0 Å². The van der Waals surface area contributed by atoms with Crippen LogP contribution in [0.4, 0.5) is 0 Å². The van der Waals surface area contributed by atoms with Crippen LogP contribution < -0.4 is 4.74 Å². The van der Waals surface area contributed by atoms with Gasteiger partial charge in [-0.25, -0.2) is 0 Å². The van der Waals surface area contributed by atoms with E-state index in [9.17, 15) is 0 Å². The number of hydrogen-bond donors (Lipinski definition) is 0. The number of rotatable bonds is 4. The van der Waals surface area contributed by atoms with E-state index in [0.29, 0.717) is 5.92 Å². The van der Waals surface area contributed by atoms with Crippen LogP contribution in [0.2, 0.25) is 0 Å². The number of allylic oxidation sites excluding steroid dienone is 1. The molecule has 0 N–H and O–H groups in total. The Hall–Kier alpha value is -1.24. The summed E-state index contributed by atoms with van der Waals surface area (Å²) >= 11 is 0. The van der Waals surface area contributed by atoms with Crippen molar-refractivity contribution in [2.45, 2.75) is 31.6 Å². The van der Waals surface area contributed by atoms with Crippen molar-refractivity contribution in [1.29, 1.82) is 0 Å². The molecule has 1 aliphatic carbocycles. The molecule has 0 amide bonds. The molecule has 0 saturated heterocycles. The standard InChI is InChI=1S/C14H18O/c1-4-10(2)12-7-13(11-5-6-11)9-14(8-12)15-3/h4,7-11H,1,5-6H2,2-3H3. The second-order valence-corrected chi connectivity index (χ2v) is 4.34. The van der Waals surface area contributed by atoms with Crippen LogP contribution in [0.5, 0.6) is 5.75 Å². The first kappa shape index (κ1) is 10.3. The lowest BCUT2D eigenvalue weighted by Crippen LogP contribution is -1.93. The van der Waals surface area contributed by atoms with Gasteiger partial charge < -0.3 is 4.74 Å². The number of methoxy groups -OCH3 is 1. The largest absolute Gasteiger partial charge is 0.497 e. The van der Waals surface area contributed by atoms with Crippen LogP contribution in [-0.4, -0.2) is 7.11 Å². The molecule has 0 bridgehead atoms. The van der Waals surface area contributed by atoms with Gasteiger partial charge in [-0.1, -0.05) is 19.1 Å². The molecule has 1 atom stereocenters. The number of hydrogen-bond acceptors (Lipinski definition) is 1. The Morgan fingerprint density at radius 1 is 1.40 bits per heavy atom. The SMILES string of the molecule is C=CC(C)c1cc(OC)cc(C2CC2)c1. The Balaban J connectivity index is 2.36. The molecule has 0 aromatic heterocycles. The van der Waals surface area contributed by atoms with E-state index in [1.54, 1.807) is 7.11 Å². The van der Waals surface area contributed by atoms with E-state index in [1.165, 1.54) is 24.0 Å². The first-order valence-corrected chi connectivity index (χ1v) is 5.56. The van der Waals surface area contributed by atoms with Crippen molar-refractivity contribution in [3.8, 4) is 5.75 Å². The first-order valence-electron chi connectivity index (χ1n) is 5.56. The van der Waals surface area contributed by atoms with E-state index in [4.69, 9.17) is 4.74 Å². The Kier molecular flexibility index (Phi) is 2.81. The molecule has 15 heavy (non-hydrogen) atoms. The van der Waals surface area contributed by atoms with Gasteiger partial charge in [0.15, 0.2) is 0 Å². The average molecular weight is 202 g/mol. The topological polar surface area (TPSA) is 9.23 Å². The monoisotopic (exact) mass is 202 g/mol. The Morgan fingerprint density at radius 2 is 2.13 bits per heavy atom. The van der Waals surface area contributed by atoms with Crippen molar-refractivity contribution in [3.63, 3.8) is 0 Å². The lowest BCUT2D eigenvalue weighted by atomic mass is 9.97. The van der Waals surface area contributed by atoms with Gasteiger partial charge in [0.25, 0.3) is 0 Å². The van der Waals surface area contributed by atoms with Crippen molar-refractivity contribution >= 4 is 0 Å². The summed E-state index contributed by atoms with van der Waals surface area (Å²) in [5.41, 5.74) is 2.74. The predicted molar refractivity (Wildman–Crippen MR) is 63.6 cm³/mol. The zero-order chi connectivity index (χ0) is 10.8. The molecule has 0 aliphatic heterocycles. The zero-order valence-electron chi connectivity index (χ0n) is 9.49. The van der Waals surface area contributed by atoms with Crippen LogP contribution in [0.15, 0.2) is 30.9 Å². The summed E-state index contributed by atoms with van der Waals surface area (Å²) < 4.78 is 5.33. The van der Waals surface area contributed by atoms with Gasteiger partial charge in [-0.05, 0) is 47.9 Å². The molecule has 0 radical (unpaired) electrons. The Labute approximate surface area is 91.8 Å². The average Bonchev–Trinajstić information content (AvgIpc) is 3.11. The summed E-state index contributed by atoms with van der Waals surface area (Å²) in [6.07, 6.45) is 4.63. The number of ether oxygens (including phenoxy) is 1. The highest BCUT2D eigenvalue weighted by atomic mass is 16.5. The van der Waals surface area contributed by atoms with E-state index < -0.39 is 0 Å². The zero-order valence-corrected chi connectivity index (χ0v) is 9.49. The van der Waals surface area contributed by atoms with Gasteiger partial charge in [0, 0.05) is 0 Å². The van der Waals surface area contributed by atoms with E-state index >= 15 is 0 Å². The lowest BCUT2D eigenvalue weighted by molar-refractivity contribution is 0.413. The highest BCUT2D eigenvalue weighted by molar-refractivity contribution is 5.40. The quantitative estimate of drug-likeness (QED) is 0.674. The molecular weight excluding hydrogens is 184 g/mol. The first-order chi connectivity index (χ1) is 7.24. The molecule has 2 rings (SSSR count). The van der Waals surface area contributed by atoms with Gasteiger partial charge in [0.2, 0.25) is 0 Å². The van der Waals surface area contributed by atoms with E-state index in [2.05, 4.69) is 31.7 Å². The minimum atomic E-state index is 0.401. The molecule has 1 fully saturated rings. The summed E-state index contributed by atoms with van der Waals surface area (Å²) in [5, 5.41) is 0. The fourth-order valence-electron chi connectivity index (χ4n) is 1.82. The summed E-state index contributed by atoms with van der Waals surface area (Å²) in [5.74, 6) is 2.15. The van der Waals surface area contributed by atoms with Crippen molar-refractivity contribution in [2.75, 3.05) is 7.11 Å². The van der Waals surface area contributed by atoms with E-state index in [-0.39, 0.29) is 0 Å². The molecule has 0 spiro atoms. The van der Waals surface area contributed by atoms with Crippen molar-refractivity contribution in [1.82, 2.24) is 0 Å². The van der Waals surface area contributed by atoms with Crippen molar-refractivity contribution in [3.05, 3.63) is 42.0 Å². The Bertz CT molecular complexity index is 364. The Morgan fingerprint density at radius 3 is 2.67 bits per heavy atom.